The molecule has 0 saturated carbocycles. The van der Waals surface area contributed by atoms with Gasteiger partial charge in [0.15, 0.2) is 0 Å². The quantitative estimate of drug-likeness (QED) is 0.505. The molecule has 0 atom stereocenters. The lowest BCUT2D eigenvalue weighted by Gasteiger charge is -2.18. The van der Waals surface area contributed by atoms with Gasteiger partial charge in [-0.15, -0.1) is 0 Å². The van der Waals surface area contributed by atoms with E-state index < -0.39 is 32.4 Å². The molecule has 0 heterocycles. The summed E-state index contributed by atoms with van der Waals surface area (Å²) in [6, 6.07) is 9.34. The first-order valence-electron chi connectivity index (χ1n) is 8.09. The number of hydrogen-bond acceptors (Lipinski definition) is 6. The van der Waals surface area contributed by atoms with Crippen molar-refractivity contribution >= 4 is 27.3 Å². The molecule has 2 N–H and O–H groups in total. The molecule has 11 heteroatoms. The van der Waals surface area contributed by atoms with Gasteiger partial charge in [0, 0.05) is 25.2 Å². The van der Waals surface area contributed by atoms with E-state index in [1.807, 2.05) is 0 Å². The smallest absolute Gasteiger partial charge is 0.293 e. The van der Waals surface area contributed by atoms with Gasteiger partial charge in [0.05, 0.1) is 16.4 Å². The molecule has 0 saturated heterocycles. The van der Waals surface area contributed by atoms with Gasteiger partial charge in [-0.1, -0.05) is 18.2 Å². The van der Waals surface area contributed by atoms with Crippen LogP contribution in [-0.2, 0) is 21.4 Å². The van der Waals surface area contributed by atoms with Gasteiger partial charge in [-0.2, -0.15) is 0 Å². The molecule has 0 radical (unpaired) electrons. The van der Waals surface area contributed by atoms with E-state index in [1.54, 1.807) is 18.2 Å². The van der Waals surface area contributed by atoms with Gasteiger partial charge in [-0.3, -0.25) is 14.9 Å². The van der Waals surface area contributed by atoms with Crippen molar-refractivity contribution < 1.29 is 22.5 Å². The number of benzene rings is 2. The average molecular weight is 410 g/mol. The third kappa shape index (κ3) is 5.02. The van der Waals surface area contributed by atoms with Crippen LogP contribution < -0.4 is 10.0 Å². The molecule has 0 aromatic heterocycles. The molecule has 0 aliphatic heterocycles. The minimum absolute atomic E-state index is 0.00676. The number of nitro benzene ring substituents is 1. The Hall–Kier alpha value is -3.05. The second-order valence-corrected chi connectivity index (χ2v) is 7.72. The third-order valence-corrected chi connectivity index (χ3v) is 5.38. The number of halogens is 1. The Bertz CT molecular complexity index is 997. The molecule has 1 amide bonds. The predicted octanol–water partition coefficient (Wildman–Crippen LogP) is 1.71. The van der Waals surface area contributed by atoms with Gasteiger partial charge in [0.25, 0.3) is 5.69 Å². The first kappa shape index (κ1) is 21.3. The molecule has 0 spiro atoms. The lowest BCUT2D eigenvalue weighted by Crippen LogP contribution is -2.32. The van der Waals surface area contributed by atoms with Crippen LogP contribution in [0, 0.1) is 15.9 Å². The highest BCUT2D eigenvalue weighted by Gasteiger charge is 2.21. The molecular formula is C17H19FN4O5S. The van der Waals surface area contributed by atoms with Crippen LogP contribution in [0.15, 0.2) is 47.4 Å². The topological polar surface area (TPSA) is 122 Å². The van der Waals surface area contributed by atoms with E-state index in [9.17, 15) is 27.7 Å². The fraction of sp³-hybridized carbons (Fsp3) is 0.235. The highest BCUT2D eigenvalue weighted by Crippen LogP contribution is 2.27. The van der Waals surface area contributed by atoms with E-state index in [4.69, 9.17) is 0 Å². The molecular weight excluding hydrogens is 391 g/mol. The molecule has 9 nitrogen and oxygen atoms in total. The van der Waals surface area contributed by atoms with Crippen molar-refractivity contribution in [2.75, 3.05) is 26.0 Å². The van der Waals surface area contributed by atoms with Crippen LogP contribution in [0.25, 0.3) is 0 Å². The minimum Gasteiger partial charge on any atom is -0.371 e. The van der Waals surface area contributed by atoms with Crippen LogP contribution in [0.2, 0.25) is 0 Å². The maximum atomic E-state index is 13.7. The van der Waals surface area contributed by atoms with Crippen molar-refractivity contribution in [1.29, 1.82) is 0 Å². The number of carbonyl (C=O) groups is 1. The normalized spacial score (nSPS) is 11.1. The number of nitrogens with zero attached hydrogens (tertiary/aromatic N) is 2. The first-order chi connectivity index (χ1) is 13.2. The van der Waals surface area contributed by atoms with Gasteiger partial charge in [-0.25, -0.2) is 17.5 Å². The lowest BCUT2D eigenvalue weighted by molar-refractivity contribution is -0.384. The number of anilines is 1. The SMILES string of the molecule is CNS(=O)(=O)c1ccc(NCC(=O)N(C)Cc2ccccc2F)c([N+](=O)[O-])c1. The number of amides is 1. The summed E-state index contributed by atoms with van der Waals surface area (Å²) in [6.07, 6.45) is 0. The van der Waals surface area contributed by atoms with Gasteiger partial charge in [-0.05, 0) is 25.2 Å². The Kier molecular flexibility index (Phi) is 6.65. The summed E-state index contributed by atoms with van der Waals surface area (Å²) in [6.45, 7) is -0.251. The Morgan fingerprint density at radius 1 is 1.25 bits per heavy atom. The summed E-state index contributed by atoms with van der Waals surface area (Å²) in [5.41, 5.74) is -0.153. The zero-order valence-electron chi connectivity index (χ0n) is 15.2. The van der Waals surface area contributed by atoms with Gasteiger partial charge < -0.3 is 10.2 Å². The van der Waals surface area contributed by atoms with Crippen LogP contribution >= 0.6 is 0 Å². The van der Waals surface area contributed by atoms with Crippen LogP contribution in [0.3, 0.4) is 0 Å². The minimum atomic E-state index is -3.85. The van der Waals surface area contributed by atoms with Crippen molar-refractivity contribution in [3.8, 4) is 0 Å². The van der Waals surface area contributed by atoms with E-state index in [2.05, 4.69) is 10.0 Å². The molecule has 150 valence electrons. The molecule has 0 bridgehead atoms. The summed E-state index contributed by atoms with van der Waals surface area (Å²) in [7, 11) is -1.18. The standard InChI is InChI=1S/C17H19FN4O5S/c1-19-28(26,27)13-7-8-15(16(9-13)22(24)25)20-10-17(23)21(2)11-12-5-3-4-6-14(12)18/h3-9,19-20H,10-11H2,1-2H3. The summed E-state index contributed by atoms with van der Waals surface area (Å²) in [5, 5.41) is 13.9. The van der Waals surface area contributed by atoms with Crippen molar-refractivity contribution in [3.63, 3.8) is 0 Å². The highest BCUT2D eigenvalue weighted by molar-refractivity contribution is 7.89. The summed E-state index contributed by atoms with van der Waals surface area (Å²) in [4.78, 5) is 23.8. The molecule has 2 rings (SSSR count). The van der Waals surface area contributed by atoms with E-state index >= 15 is 0 Å². The molecule has 28 heavy (non-hydrogen) atoms. The van der Waals surface area contributed by atoms with Crippen molar-refractivity contribution in [2.45, 2.75) is 11.4 Å². The number of carbonyl (C=O) groups excluding carboxylic acids is 1. The van der Waals surface area contributed by atoms with Crippen molar-refractivity contribution in [2.24, 2.45) is 0 Å². The second-order valence-electron chi connectivity index (χ2n) is 5.84. The summed E-state index contributed by atoms with van der Waals surface area (Å²) in [5.74, 6) is -0.864. The molecule has 0 aliphatic rings. The van der Waals surface area contributed by atoms with E-state index in [0.29, 0.717) is 5.56 Å². The molecule has 2 aromatic carbocycles. The Balaban J connectivity index is 2.12. The fourth-order valence-electron chi connectivity index (χ4n) is 2.37. The highest BCUT2D eigenvalue weighted by atomic mass is 32.2. The maximum Gasteiger partial charge on any atom is 0.293 e. The van der Waals surface area contributed by atoms with Crippen LogP contribution in [0.4, 0.5) is 15.8 Å². The zero-order valence-corrected chi connectivity index (χ0v) is 16.0. The largest absolute Gasteiger partial charge is 0.371 e. The Labute approximate surface area is 161 Å². The average Bonchev–Trinajstić information content (AvgIpc) is 2.67. The van der Waals surface area contributed by atoms with E-state index in [0.717, 1.165) is 6.07 Å². The second kappa shape index (κ2) is 8.76. The Morgan fingerprint density at radius 3 is 2.54 bits per heavy atom. The number of likely N-dealkylation sites (N-methyl/N-ethyl adjacent to an activating group) is 1. The zero-order chi connectivity index (χ0) is 20.9. The number of nitro groups is 1. The predicted molar refractivity (Wildman–Crippen MR) is 101 cm³/mol. The number of nitrogens with one attached hydrogen (secondary N) is 2. The van der Waals surface area contributed by atoms with Crippen LogP contribution in [0.1, 0.15) is 5.56 Å². The van der Waals surface area contributed by atoms with Crippen LogP contribution in [0.5, 0.6) is 0 Å². The van der Waals surface area contributed by atoms with Gasteiger partial charge in [0.2, 0.25) is 15.9 Å². The van der Waals surface area contributed by atoms with Crippen molar-refractivity contribution in [1.82, 2.24) is 9.62 Å². The molecule has 0 aliphatic carbocycles. The third-order valence-electron chi connectivity index (χ3n) is 3.97. The number of sulfonamides is 1. The summed E-state index contributed by atoms with van der Waals surface area (Å²) < 4.78 is 39.4. The molecule has 0 fully saturated rings. The molecule has 2 aromatic rings. The lowest BCUT2D eigenvalue weighted by atomic mass is 10.2. The Morgan fingerprint density at radius 2 is 1.93 bits per heavy atom. The first-order valence-corrected chi connectivity index (χ1v) is 9.57. The monoisotopic (exact) mass is 410 g/mol. The molecule has 0 unspecified atom stereocenters. The van der Waals surface area contributed by atoms with Crippen molar-refractivity contribution in [3.05, 3.63) is 64.0 Å². The fourth-order valence-corrected chi connectivity index (χ4v) is 3.12. The maximum absolute atomic E-state index is 13.7. The van der Waals surface area contributed by atoms with E-state index in [-0.39, 0.29) is 23.7 Å². The number of rotatable bonds is 8. The van der Waals surface area contributed by atoms with E-state index in [1.165, 1.54) is 37.2 Å². The van der Waals surface area contributed by atoms with Gasteiger partial charge >= 0.3 is 0 Å². The van der Waals surface area contributed by atoms with Crippen LogP contribution in [-0.4, -0.2) is 44.8 Å². The number of hydrogen-bond donors (Lipinski definition) is 2. The summed E-state index contributed by atoms with van der Waals surface area (Å²) >= 11 is 0. The van der Waals surface area contributed by atoms with Gasteiger partial charge in [0.1, 0.15) is 11.5 Å².